The van der Waals surface area contributed by atoms with Crippen molar-refractivity contribution in [3.63, 3.8) is 0 Å². The lowest BCUT2D eigenvalue weighted by Gasteiger charge is -2.11. The van der Waals surface area contributed by atoms with Gasteiger partial charge < -0.3 is 13.9 Å². The predicted molar refractivity (Wildman–Crippen MR) is 105 cm³/mol. The molecule has 0 saturated heterocycles. The average molecular weight is 482 g/mol. The summed E-state index contributed by atoms with van der Waals surface area (Å²) in [6.07, 6.45) is 1.49. The second kappa shape index (κ2) is 7.91. The van der Waals surface area contributed by atoms with Crippen LogP contribution in [0, 0.1) is 10.5 Å². The van der Waals surface area contributed by atoms with Crippen LogP contribution in [0.3, 0.4) is 0 Å². The maximum Gasteiger partial charge on any atom is 0.423 e. The Morgan fingerprint density at radius 2 is 1.96 bits per heavy atom. The van der Waals surface area contributed by atoms with Gasteiger partial charge in [-0.2, -0.15) is 0 Å². The van der Waals surface area contributed by atoms with Gasteiger partial charge in [-0.25, -0.2) is 19.4 Å². The third-order valence-electron chi connectivity index (χ3n) is 3.84. The van der Waals surface area contributed by atoms with Gasteiger partial charge in [0.05, 0.1) is 0 Å². The molecule has 0 N–H and O–H groups in total. The van der Waals surface area contributed by atoms with Crippen molar-refractivity contribution in [1.82, 2.24) is 9.55 Å². The van der Waals surface area contributed by atoms with Crippen molar-refractivity contribution in [2.45, 2.75) is 13.5 Å². The Bertz CT molecular complexity index is 1120. The summed E-state index contributed by atoms with van der Waals surface area (Å²) in [5, 5.41) is 0.108. The lowest BCUT2D eigenvalue weighted by Crippen LogP contribution is -2.25. The van der Waals surface area contributed by atoms with Crippen LogP contribution in [0.4, 0.5) is 0 Å². The first-order valence-electron chi connectivity index (χ1n) is 7.89. The van der Waals surface area contributed by atoms with Gasteiger partial charge in [0.15, 0.2) is 12.3 Å². The number of hydrogen-bond donors (Lipinski definition) is 0. The highest BCUT2D eigenvalue weighted by molar-refractivity contribution is 14.1. The Hall–Kier alpha value is -2.69. The Morgan fingerprint density at radius 1 is 1.26 bits per heavy atom. The van der Waals surface area contributed by atoms with E-state index in [9.17, 15) is 14.4 Å². The van der Waals surface area contributed by atoms with Crippen LogP contribution in [0.1, 0.15) is 11.1 Å². The molecule has 0 fully saturated rings. The Balaban J connectivity index is 1.76. The Morgan fingerprint density at radius 3 is 2.67 bits per heavy atom. The van der Waals surface area contributed by atoms with Crippen molar-refractivity contribution >= 4 is 39.6 Å². The molecule has 9 heteroatoms. The molecule has 0 atom stereocenters. The fourth-order valence-electron chi connectivity index (χ4n) is 2.38. The van der Waals surface area contributed by atoms with Gasteiger partial charge in [-0.05, 0) is 41.6 Å². The number of pyridine rings is 1. The number of carbonyl (C=O) groups excluding carboxylic acids is 1. The van der Waals surface area contributed by atoms with Crippen LogP contribution in [-0.2, 0) is 23.2 Å². The first kappa shape index (κ1) is 19.1. The summed E-state index contributed by atoms with van der Waals surface area (Å²) < 4.78 is 17.0. The van der Waals surface area contributed by atoms with Crippen molar-refractivity contribution in [3.8, 4) is 5.75 Å². The maximum absolute atomic E-state index is 12.1. The number of carbonyl (C=O) groups is 1. The normalized spacial score (nSPS) is 10.8. The van der Waals surface area contributed by atoms with Crippen LogP contribution in [0.15, 0.2) is 44.5 Å². The molecule has 0 spiro atoms. The number of ether oxygens (including phenoxy) is 2. The molecule has 0 unspecified atom stereocenters. The van der Waals surface area contributed by atoms with E-state index in [2.05, 4.69) is 9.40 Å². The zero-order valence-electron chi connectivity index (χ0n) is 14.5. The molecule has 2 aromatic heterocycles. The largest absolute Gasteiger partial charge is 0.482 e. The van der Waals surface area contributed by atoms with Crippen LogP contribution >= 0.6 is 22.6 Å². The predicted octanol–water partition coefficient (Wildman–Crippen LogP) is 1.92. The van der Waals surface area contributed by atoms with Crippen LogP contribution in [0.5, 0.6) is 5.75 Å². The third-order valence-corrected chi connectivity index (χ3v) is 4.77. The van der Waals surface area contributed by atoms with Gasteiger partial charge in [0, 0.05) is 22.4 Å². The molecule has 0 aliphatic carbocycles. The van der Waals surface area contributed by atoms with Crippen LogP contribution in [0.2, 0.25) is 0 Å². The summed E-state index contributed by atoms with van der Waals surface area (Å²) in [6.45, 7) is 1.51. The monoisotopic (exact) mass is 482 g/mol. The Labute approximate surface area is 166 Å². The third kappa shape index (κ3) is 4.18. The second-order valence-electron chi connectivity index (χ2n) is 5.76. The minimum absolute atomic E-state index is 0.108. The standard InChI is InChI=1S/C18H15IN2O6/c1-10-3-5-11(6-4-10)25-9-14(22)26-8-12-13(19)7-20-16-15(12)17(23)27-18(24)21(16)2/h3-7H,8-9H2,1-2H3. The molecule has 27 heavy (non-hydrogen) atoms. The molecular weight excluding hydrogens is 467 g/mol. The van der Waals surface area contributed by atoms with Gasteiger partial charge in [-0.15, -0.1) is 0 Å². The summed E-state index contributed by atoms with van der Waals surface area (Å²) in [6, 6.07) is 7.26. The maximum atomic E-state index is 12.1. The lowest BCUT2D eigenvalue weighted by molar-refractivity contribution is -0.147. The molecule has 0 aliphatic heterocycles. The van der Waals surface area contributed by atoms with E-state index in [0.717, 1.165) is 10.1 Å². The number of rotatable bonds is 5. The number of fused-ring (bicyclic) bond motifs is 1. The number of nitrogens with zero attached hydrogens (tertiary/aromatic N) is 2. The molecule has 3 rings (SSSR count). The van der Waals surface area contributed by atoms with E-state index in [1.54, 1.807) is 12.1 Å². The van der Waals surface area contributed by atoms with Crippen molar-refractivity contribution < 1.29 is 18.7 Å². The number of benzene rings is 1. The second-order valence-corrected chi connectivity index (χ2v) is 6.92. The molecule has 8 nitrogen and oxygen atoms in total. The highest BCUT2D eigenvalue weighted by Gasteiger charge is 2.17. The quantitative estimate of drug-likeness (QED) is 0.405. The fraction of sp³-hybridized carbons (Fsp3) is 0.222. The van der Waals surface area contributed by atoms with E-state index >= 15 is 0 Å². The number of aryl methyl sites for hydroxylation is 2. The molecule has 0 bridgehead atoms. The molecule has 0 amide bonds. The topological polar surface area (TPSA) is 101 Å². The van der Waals surface area contributed by atoms with E-state index in [4.69, 9.17) is 9.47 Å². The highest BCUT2D eigenvalue weighted by Crippen LogP contribution is 2.19. The number of halogens is 1. The Kier molecular flexibility index (Phi) is 5.59. The van der Waals surface area contributed by atoms with Gasteiger partial charge in [-0.3, -0.25) is 4.57 Å². The van der Waals surface area contributed by atoms with Gasteiger partial charge in [0.25, 0.3) is 0 Å². The number of esters is 1. The molecule has 1 aromatic carbocycles. The van der Waals surface area contributed by atoms with Crippen LogP contribution in [0.25, 0.3) is 11.0 Å². The van der Waals surface area contributed by atoms with Gasteiger partial charge in [-0.1, -0.05) is 17.7 Å². The van der Waals surface area contributed by atoms with E-state index in [1.807, 2.05) is 41.6 Å². The zero-order valence-corrected chi connectivity index (χ0v) is 16.7. The molecule has 0 radical (unpaired) electrons. The van der Waals surface area contributed by atoms with E-state index in [0.29, 0.717) is 14.9 Å². The average Bonchev–Trinajstić information content (AvgIpc) is 2.64. The van der Waals surface area contributed by atoms with Crippen molar-refractivity contribution in [2.75, 3.05) is 6.61 Å². The molecule has 140 valence electrons. The first-order valence-corrected chi connectivity index (χ1v) is 8.97. The zero-order chi connectivity index (χ0) is 19.6. The highest BCUT2D eigenvalue weighted by atomic mass is 127. The molecule has 0 saturated carbocycles. The molecule has 3 aromatic rings. The van der Waals surface area contributed by atoms with Crippen LogP contribution in [-0.4, -0.2) is 22.1 Å². The van der Waals surface area contributed by atoms with Crippen molar-refractivity contribution in [2.24, 2.45) is 7.05 Å². The van der Waals surface area contributed by atoms with E-state index in [1.165, 1.54) is 13.2 Å². The number of hydrogen-bond acceptors (Lipinski definition) is 7. The van der Waals surface area contributed by atoms with Crippen molar-refractivity contribution in [1.29, 1.82) is 0 Å². The molecular formula is C18H15IN2O6. The lowest BCUT2D eigenvalue weighted by atomic mass is 10.2. The van der Waals surface area contributed by atoms with Gasteiger partial charge >= 0.3 is 17.4 Å². The summed E-state index contributed by atoms with van der Waals surface area (Å²) in [4.78, 5) is 39.8. The van der Waals surface area contributed by atoms with Gasteiger partial charge in [0.2, 0.25) is 0 Å². The summed E-state index contributed by atoms with van der Waals surface area (Å²) in [7, 11) is 1.44. The molecule has 2 heterocycles. The minimum atomic E-state index is -0.818. The number of aromatic nitrogens is 2. The van der Waals surface area contributed by atoms with Crippen LogP contribution < -0.4 is 16.1 Å². The summed E-state index contributed by atoms with van der Waals surface area (Å²) in [5.74, 6) is -0.849. The van der Waals surface area contributed by atoms with Gasteiger partial charge in [0.1, 0.15) is 17.7 Å². The van der Waals surface area contributed by atoms with E-state index in [-0.39, 0.29) is 24.2 Å². The summed E-state index contributed by atoms with van der Waals surface area (Å²) in [5.41, 5.74) is 0.852. The smallest absolute Gasteiger partial charge is 0.423 e. The minimum Gasteiger partial charge on any atom is -0.482 e. The SMILES string of the molecule is Cc1ccc(OCC(=O)OCc2c(I)cnc3c2c(=O)oc(=O)n3C)cc1. The first-order chi connectivity index (χ1) is 12.9. The summed E-state index contributed by atoms with van der Waals surface area (Å²) >= 11 is 1.97. The fourth-order valence-corrected chi connectivity index (χ4v) is 2.95. The molecule has 0 aliphatic rings. The van der Waals surface area contributed by atoms with E-state index < -0.39 is 17.4 Å². The van der Waals surface area contributed by atoms with Crippen molar-refractivity contribution in [3.05, 3.63) is 66.1 Å².